The first kappa shape index (κ1) is 9.39. The van der Waals surface area contributed by atoms with Crippen LogP contribution < -0.4 is 0 Å². The summed E-state index contributed by atoms with van der Waals surface area (Å²) in [6.45, 7) is 4.04. The van der Waals surface area contributed by atoms with Crippen LogP contribution in [0.5, 0.6) is 0 Å². The lowest BCUT2D eigenvalue weighted by atomic mass is 10.3. The molecule has 0 saturated carbocycles. The number of nitrogens with zero attached hydrogens (tertiary/aromatic N) is 1. The van der Waals surface area contributed by atoms with Gasteiger partial charge in [0.05, 0.1) is 15.6 Å². The van der Waals surface area contributed by atoms with Crippen LogP contribution in [-0.4, -0.2) is 11.3 Å². The minimum Gasteiger partial charge on any atom is -0.297 e. The molecule has 0 aliphatic heterocycles. The van der Waals surface area contributed by atoms with E-state index in [2.05, 4.69) is 11.9 Å². The summed E-state index contributed by atoms with van der Waals surface area (Å²) in [5.41, 5.74) is 0.876. The molecule has 0 aliphatic rings. The third-order valence-electron chi connectivity index (χ3n) is 1.73. The molecule has 66 valence electrons. The molecule has 1 aromatic rings. The van der Waals surface area contributed by atoms with Gasteiger partial charge in [-0.05, 0) is 19.8 Å². The lowest BCUT2D eigenvalue weighted by Gasteiger charge is -1.89. The van der Waals surface area contributed by atoms with E-state index < -0.39 is 0 Å². The fourth-order valence-corrected chi connectivity index (χ4v) is 1.93. The zero-order chi connectivity index (χ0) is 8.97. The molecule has 0 atom stereocenters. The normalized spacial score (nSPS) is 10.2. The first-order valence-electron chi connectivity index (χ1n) is 4.19. The Morgan fingerprint density at radius 3 is 2.83 bits per heavy atom. The summed E-state index contributed by atoms with van der Waals surface area (Å²) in [7, 11) is 0. The molecular weight excluding hydrogens is 170 g/mol. The van der Waals surface area contributed by atoms with E-state index >= 15 is 0 Å². The molecule has 2 nitrogen and oxygen atoms in total. The number of aldehydes is 1. The molecule has 0 unspecified atom stereocenters. The number of carbonyl (C=O) groups excluding carboxylic acids is 1. The summed E-state index contributed by atoms with van der Waals surface area (Å²) in [6, 6.07) is 0. The molecule has 0 fully saturated rings. The first-order valence-corrected chi connectivity index (χ1v) is 5.01. The van der Waals surface area contributed by atoms with Crippen LogP contribution in [0.15, 0.2) is 0 Å². The Labute approximate surface area is 76.6 Å². The van der Waals surface area contributed by atoms with Crippen molar-refractivity contribution >= 4 is 17.6 Å². The smallest absolute Gasteiger partial charge is 0.161 e. The summed E-state index contributed by atoms with van der Waals surface area (Å²) >= 11 is 1.52. The van der Waals surface area contributed by atoms with Crippen LogP contribution in [0.3, 0.4) is 0 Å². The molecule has 1 heterocycles. The van der Waals surface area contributed by atoms with Gasteiger partial charge in [0.15, 0.2) is 6.29 Å². The second-order valence-corrected chi connectivity index (χ2v) is 3.89. The SMILES string of the molecule is CCCCc1nc(C)c(C=O)s1. The van der Waals surface area contributed by atoms with Gasteiger partial charge in [0.25, 0.3) is 0 Å². The van der Waals surface area contributed by atoms with Crippen molar-refractivity contribution < 1.29 is 4.79 Å². The Balaban J connectivity index is 2.68. The van der Waals surface area contributed by atoms with Crippen molar-refractivity contribution in [1.82, 2.24) is 4.98 Å². The van der Waals surface area contributed by atoms with Crippen LogP contribution in [0.1, 0.15) is 40.1 Å². The number of carbonyl (C=O) groups is 1. The van der Waals surface area contributed by atoms with Crippen LogP contribution in [0, 0.1) is 6.92 Å². The number of aromatic nitrogens is 1. The third kappa shape index (κ3) is 2.14. The van der Waals surface area contributed by atoms with E-state index in [1.807, 2.05) is 6.92 Å². The highest BCUT2D eigenvalue weighted by Crippen LogP contribution is 2.17. The Bertz CT molecular complexity index is 267. The first-order chi connectivity index (χ1) is 5.77. The molecule has 1 aromatic heterocycles. The Kier molecular flexibility index (Phi) is 3.41. The second kappa shape index (κ2) is 4.36. The Morgan fingerprint density at radius 2 is 2.33 bits per heavy atom. The van der Waals surface area contributed by atoms with Gasteiger partial charge in [-0.2, -0.15) is 0 Å². The lowest BCUT2D eigenvalue weighted by molar-refractivity contribution is 0.112. The van der Waals surface area contributed by atoms with E-state index in [0.29, 0.717) is 0 Å². The second-order valence-electron chi connectivity index (χ2n) is 2.78. The summed E-state index contributed by atoms with van der Waals surface area (Å²) in [4.78, 5) is 15.6. The fourth-order valence-electron chi connectivity index (χ4n) is 1.01. The van der Waals surface area contributed by atoms with Crippen molar-refractivity contribution in [3.63, 3.8) is 0 Å². The van der Waals surface area contributed by atoms with E-state index in [4.69, 9.17) is 0 Å². The fraction of sp³-hybridized carbons (Fsp3) is 0.556. The molecule has 0 N–H and O–H groups in total. The van der Waals surface area contributed by atoms with Crippen LogP contribution in [0.25, 0.3) is 0 Å². The number of rotatable bonds is 4. The van der Waals surface area contributed by atoms with Crippen LogP contribution in [0.4, 0.5) is 0 Å². The Hall–Kier alpha value is -0.700. The lowest BCUT2D eigenvalue weighted by Crippen LogP contribution is -1.82. The number of hydrogen-bond acceptors (Lipinski definition) is 3. The summed E-state index contributed by atoms with van der Waals surface area (Å²) in [5, 5.41) is 1.09. The molecule has 0 saturated heterocycles. The maximum absolute atomic E-state index is 10.5. The molecule has 1 rings (SSSR count). The molecule has 0 spiro atoms. The van der Waals surface area contributed by atoms with Gasteiger partial charge in [-0.3, -0.25) is 4.79 Å². The molecule has 0 aliphatic carbocycles. The van der Waals surface area contributed by atoms with Gasteiger partial charge >= 0.3 is 0 Å². The van der Waals surface area contributed by atoms with Crippen molar-refractivity contribution in [3.8, 4) is 0 Å². The van der Waals surface area contributed by atoms with E-state index in [0.717, 1.165) is 34.7 Å². The van der Waals surface area contributed by atoms with Crippen molar-refractivity contribution in [2.24, 2.45) is 0 Å². The summed E-state index contributed by atoms with van der Waals surface area (Å²) in [6.07, 6.45) is 4.23. The maximum Gasteiger partial charge on any atom is 0.161 e. The van der Waals surface area contributed by atoms with Gasteiger partial charge in [-0.15, -0.1) is 11.3 Å². The maximum atomic E-state index is 10.5. The van der Waals surface area contributed by atoms with Crippen molar-refractivity contribution in [1.29, 1.82) is 0 Å². The van der Waals surface area contributed by atoms with E-state index in [1.165, 1.54) is 17.8 Å². The van der Waals surface area contributed by atoms with Gasteiger partial charge in [0, 0.05) is 0 Å². The van der Waals surface area contributed by atoms with Gasteiger partial charge in [0.2, 0.25) is 0 Å². The monoisotopic (exact) mass is 183 g/mol. The van der Waals surface area contributed by atoms with E-state index in [-0.39, 0.29) is 0 Å². The molecule has 0 bridgehead atoms. The highest BCUT2D eigenvalue weighted by Gasteiger charge is 2.04. The zero-order valence-corrected chi connectivity index (χ0v) is 8.28. The highest BCUT2D eigenvalue weighted by atomic mass is 32.1. The van der Waals surface area contributed by atoms with Crippen LogP contribution in [0.2, 0.25) is 0 Å². The average Bonchev–Trinajstić information content (AvgIpc) is 2.43. The Morgan fingerprint density at radius 1 is 1.58 bits per heavy atom. The van der Waals surface area contributed by atoms with Gasteiger partial charge in [0.1, 0.15) is 0 Å². The van der Waals surface area contributed by atoms with Gasteiger partial charge < -0.3 is 0 Å². The van der Waals surface area contributed by atoms with Crippen LogP contribution >= 0.6 is 11.3 Å². The van der Waals surface area contributed by atoms with Crippen molar-refractivity contribution in [2.45, 2.75) is 33.1 Å². The predicted octanol–water partition coefficient (Wildman–Crippen LogP) is 2.61. The number of hydrogen-bond donors (Lipinski definition) is 0. The van der Waals surface area contributed by atoms with E-state index in [1.54, 1.807) is 0 Å². The van der Waals surface area contributed by atoms with Gasteiger partial charge in [-0.1, -0.05) is 13.3 Å². The average molecular weight is 183 g/mol. The van der Waals surface area contributed by atoms with Crippen LogP contribution in [-0.2, 0) is 6.42 Å². The van der Waals surface area contributed by atoms with E-state index in [9.17, 15) is 4.79 Å². The quantitative estimate of drug-likeness (QED) is 0.672. The van der Waals surface area contributed by atoms with Crippen molar-refractivity contribution in [3.05, 3.63) is 15.6 Å². The molecular formula is C9H13NOS. The van der Waals surface area contributed by atoms with Crippen molar-refractivity contribution in [2.75, 3.05) is 0 Å². The van der Waals surface area contributed by atoms with Gasteiger partial charge in [-0.25, -0.2) is 4.98 Å². The number of unbranched alkanes of at least 4 members (excludes halogenated alkanes) is 1. The molecule has 3 heteroatoms. The molecule has 12 heavy (non-hydrogen) atoms. The third-order valence-corrected chi connectivity index (χ3v) is 2.87. The predicted molar refractivity (Wildman–Crippen MR) is 50.9 cm³/mol. The molecule has 0 aromatic carbocycles. The highest BCUT2D eigenvalue weighted by molar-refractivity contribution is 7.13. The number of aryl methyl sites for hydroxylation is 2. The number of thiazole rings is 1. The topological polar surface area (TPSA) is 30.0 Å². The minimum atomic E-state index is 0.779. The largest absolute Gasteiger partial charge is 0.297 e. The summed E-state index contributed by atoms with van der Waals surface area (Å²) in [5.74, 6) is 0. The zero-order valence-electron chi connectivity index (χ0n) is 7.46. The minimum absolute atomic E-state index is 0.779. The standard InChI is InChI=1S/C9H13NOS/c1-3-4-5-9-10-7(2)8(6-11)12-9/h6H,3-5H2,1-2H3. The molecule has 0 radical (unpaired) electrons. The summed E-state index contributed by atoms with van der Waals surface area (Å²) < 4.78 is 0. The molecule has 0 amide bonds.